The predicted molar refractivity (Wildman–Crippen MR) is 136 cm³/mol. The van der Waals surface area contributed by atoms with E-state index in [1.54, 1.807) is 0 Å². The molecule has 0 spiro atoms. The molecule has 1 saturated carbocycles. The van der Waals surface area contributed by atoms with Gasteiger partial charge < -0.3 is 33.6 Å². The van der Waals surface area contributed by atoms with E-state index in [4.69, 9.17) is 22.9 Å². The molecule has 0 aromatic heterocycles. The van der Waals surface area contributed by atoms with Gasteiger partial charge >= 0.3 is 0 Å². The van der Waals surface area contributed by atoms with Crippen molar-refractivity contribution in [2.45, 2.75) is 56.7 Å². The van der Waals surface area contributed by atoms with Gasteiger partial charge in [-0.25, -0.2) is 0 Å². The van der Waals surface area contributed by atoms with E-state index in [0.717, 1.165) is 29.2 Å². The van der Waals surface area contributed by atoms with E-state index in [-0.39, 0.29) is 12.4 Å². The lowest BCUT2D eigenvalue weighted by Crippen LogP contribution is -2.55. The topological polar surface area (TPSA) is 192 Å². The number of nitrogens with two attached hydrogens (primary N) is 4. The van der Waals surface area contributed by atoms with Gasteiger partial charge in [-0.3, -0.25) is 19.4 Å². The highest BCUT2D eigenvalue weighted by atomic mass is 16.2. The standard InChI is InChI=1S/C25H35N7O3/c26-19(6-3-11-30-25(28)29)23(34)32-21(13-15-7-8-15)24(35)31-20(22(27)33)14-16-9-10-17-4-1-2-5-18(17)12-16/h1-2,4-5,9-10,12,15,19-21H,3,6-8,11,13-14,26H2,(H2,27,33)(H,31,35)(H,32,34)(H4,28,29,30)/t19-,20-,21-/m0/s1. The number of rotatable bonds is 13. The summed E-state index contributed by atoms with van der Waals surface area (Å²) in [5, 5.41) is 7.61. The number of nitrogens with one attached hydrogen (secondary N) is 2. The lowest BCUT2D eigenvalue weighted by molar-refractivity contribution is -0.132. The van der Waals surface area contributed by atoms with Crippen LogP contribution in [0.25, 0.3) is 10.8 Å². The predicted octanol–water partition coefficient (Wildman–Crippen LogP) is 0.0182. The zero-order chi connectivity index (χ0) is 25.4. The molecule has 10 N–H and O–H groups in total. The second kappa shape index (κ2) is 12.2. The highest BCUT2D eigenvalue weighted by molar-refractivity contribution is 5.93. The van der Waals surface area contributed by atoms with Crippen molar-refractivity contribution in [1.82, 2.24) is 10.6 Å². The molecule has 3 atom stereocenters. The Morgan fingerprint density at radius 1 is 0.943 bits per heavy atom. The number of carbonyl (C=O) groups is 3. The summed E-state index contributed by atoms with van der Waals surface area (Å²) in [6, 6.07) is 11.2. The van der Waals surface area contributed by atoms with Crippen LogP contribution in [0, 0.1) is 5.92 Å². The molecule has 3 rings (SSSR count). The zero-order valence-electron chi connectivity index (χ0n) is 19.8. The number of hydrogen-bond acceptors (Lipinski definition) is 5. The number of aliphatic imine (C=N–C) groups is 1. The Kier molecular flexibility index (Phi) is 9.02. The average molecular weight is 482 g/mol. The Balaban J connectivity index is 1.61. The van der Waals surface area contributed by atoms with E-state index in [1.165, 1.54) is 0 Å². The Morgan fingerprint density at radius 2 is 1.63 bits per heavy atom. The maximum Gasteiger partial charge on any atom is 0.243 e. The SMILES string of the molecule is NC(=O)[C@H](Cc1ccc2ccccc2c1)NC(=O)[C@H](CC1CC1)NC(=O)[C@@H](N)CCCN=C(N)N. The molecule has 10 heteroatoms. The summed E-state index contributed by atoms with van der Waals surface area (Å²) >= 11 is 0. The molecule has 0 radical (unpaired) electrons. The van der Waals surface area contributed by atoms with Gasteiger partial charge in [0.2, 0.25) is 17.7 Å². The van der Waals surface area contributed by atoms with E-state index in [2.05, 4.69) is 15.6 Å². The van der Waals surface area contributed by atoms with Crippen LogP contribution in [0.2, 0.25) is 0 Å². The zero-order valence-corrected chi connectivity index (χ0v) is 19.8. The molecule has 1 aliphatic carbocycles. The van der Waals surface area contributed by atoms with Gasteiger partial charge in [-0.2, -0.15) is 0 Å². The lowest BCUT2D eigenvalue weighted by atomic mass is 10.0. The Hall–Kier alpha value is -3.66. The van der Waals surface area contributed by atoms with Crippen molar-refractivity contribution in [2.75, 3.05) is 6.54 Å². The van der Waals surface area contributed by atoms with Crippen LogP contribution < -0.4 is 33.6 Å². The monoisotopic (exact) mass is 481 g/mol. The van der Waals surface area contributed by atoms with Crippen LogP contribution >= 0.6 is 0 Å². The smallest absolute Gasteiger partial charge is 0.243 e. The van der Waals surface area contributed by atoms with Crippen molar-refractivity contribution in [3.05, 3.63) is 48.0 Å². The van der Waals surface area contributed by atoms with Crippen molar-refractivity contribution in [2.24, 2.45) is 33.8 Å². The molecule has 0 saturated heterocycles. The number of primary amides is 1. The minimum Gasteiger partial charge on any atom is -0.370 e. The highest BCUT2D eigenvalue weighted by Gasteiger charge is 2.33. The van der Waals surface area contributed by atoms with Crippen LogP contribution in [-0.4, -0.2) is 48.4 Å². The molecule has 0 heterocycles. The number of hydrogen-bond donors (Lipinski definition) is 6. The lowest BCUT2D eigenvalue weighted by Gasteiger charge is -2.23. The fourth-order valence-electron chi connectivity index (χ4n) is 3.94. The first kappa shape index (κ1) is 26.0. The van der Waals surface area contributed by atoms with E-state index in [1.807, 2.05) is 42.5 Å². The van der Waals surface area contributed by atoms with Crippen LogP contribution in [0.3, 0.4) is 0 Å². The van der Waals surface area contributed by atoms with E-state index < -0.39 is 35.8 Å². The second-order valence-corrected chi connectivity index (χ2v) is 9.14. The van der Waals surface area contributed by atoms with Crippen LogP contribution in [-0.2, 0) is 20.8 Å². The largest absolute Gasteiger partial charge is 0.370 e. The van der Waals surface area contributed by atoms with Crippen molar-refractivity contribution < 1.29 is 14.4 Å². The van der Waals surface area contributed by atoms with Crippen molar-refractivity contribution in [1.29, 1.82) is 0 Å². The molecule has 1 fully saturated rings. The molecular formula is C25H35N7O3. The summed E-state index contributed by atoms with van der Waals surface area (Å²) in [6.45, 7) is 0.365. The Labute approximate surface area is 204 Å². The summed E-state index contributed by atoms with van der Waals surface area (Å²) in [5.74, 6) is -1.17. The third-order valence-corrected chi connectivity index (χ3v) is 6.12. The summed E-state index contributed by atoms with van der Waals surface area (Å²) in [5.41, 5.74) is 23.1. The minimum atomic E-state index is -0.907. The number of benzene rings is 2. The van der Waals surface area contributed by atoms with Gasteiger partial charge in [0, 0.05) is 13.0 Å². The molecule has 10 nitrogen and oxygen atoms in total. The molecule has 0 bridgehead atoms. The first-order chi connectivity index (χ1) is 16.7. The fraction of sp³-hybridized carbons (Fsp3) is 0.440. The maximum absolute atomic E-state index is 13.1. The quantitative estimate of drug-likeness (QED) is 0.133. The van der Waals surface area contributed by atoms with Crippen molar-refractivity contribution in [3.63, 3.8) is 0 Å². The van der Waals surface area contributed by atoms with Crippen LogP contribution in [0.4, 0.5) is 0 Å². The Morgan fingerprint density at radius 3 is 2.29 bits per heavy atom. The van der Waals surface area contributed by atoms with Gasteiger partial charge in [0.1, 0.15) is 12.1 Å². The summed E-state index contributed by atoms with van der Waals surface area (Å²) in [7, 11) is 0. The fourth-order valence-corrected chi connectivity index (χ4v) is 3.94. The van der Waals surface area contributed by atoms with E-state index >= 15 is 0 Å². The summed E-state index contributed by atoms with van der Waals surface area (Å²) in [4.78, 5) is 41.8. The molecular weight excluding hydrogens is 446 g/mol. The number of fused-ring (bicyclic) bond motifs is 1. The average Bonchev–Trinajstić information content (AvgIpc) is 3.64. The summed E-state index contributed by atoms with van der Waals surface area (Å²) < 4.78 is 0. The number of carbonyl (C=O) groups excluding carboxylic acids is 3. The first-order valence-corrected chi connectivity index (χ1v) is 11.9. The van der Waals surface area contributed by atoms with E-state index in [0.29, 0.717) is 31.7 Å². The van der Waals surface area contributed by atoms with Gasteiger partial charge in [-0.1, -0.05) is 55.3 Å². The Bertz CT molecular complexity index is 1080. The number of amides is 3. The van der Waals surface area contributed by atoms with Gasteiger partial charge in [-0.15, -0.1) is 0 Å². The molecule has 188 valence electrons. The first-order valence-electron chi connectivity index (χ1n) is 11.9. The van der Waals surface area contributed by atoms with Crippen LogP contribution in [0.5, 0.6) is 0 Å². The van der Waals surface area contributed by atoms with Crippen molar-refractivity contribution in [3.8, 4) is 0 Å². The normalized spacial score (nSPS) is 15.6. The van der Waals surface area contributed by atoms with E-state index in [9.17, 15) is 14.4 Å². The third-order valence-electron chi connectivity index (χ3n) is 6.12. The third kappa shape index (κ3) is 8.25. The number of nitrogens with zero attached hydrogens (tertiary/aromatic N) is 1. The molecule has 35 heavy (non-hydrogen) atoms. The van der Waals surface area contributed by atoms with Gasteiger partial charge in [0.15, 0.2) is 5.96 Å². The van der Waals surface area contributed by atoms with Gasteiger partial charge in [0.05, 0.1) is 6.04 Å². The molecule has 2 aromatic rings. The molecule has 1 aliphatic rings. The van der Waals surface area contributed by atoms with Crippen LogP contribution in [0.15, 0.2) is 47.5 Å². The second-order valence-electron chi connectivity index (χ2n) is 9.14. The summed E-state index contributed by atoms with van der Waals surface area (Å²) in [6.07, 6.45) is 3.63. The van der Waals surface area contributed by atoms with Crippen molar-refractivity contribution >= 4 is 34.5 Å². The minimum absolute atomic E-state index is 0.0168. The maximum atomic E-state index is 13.1. The number of guanidine groups is 1. The highest BCUT2D eigenvalue weighted by Crippen LogP contribution is 2.33. The van der Waals surface area contributed by atoms with Crippen LogP contribution in [0.1, 0.15) is 37.7 Å². The molecule has 3 amide bonds. The van der Waals surface area contributed by atoms with Gasteiger partial charge in [-0.05, 0) is 41.5 Å². The van der Waals surface area contributed by atoms with Gasteiger partial charge in [0.25, 0.3) is 0 Å². The molecule has 0 aliphatic heterocycles. The molecule has 2 aromatic carbocycles. The molecule has 0 unspecified atom stereocenters.